The van der Waals surface area contributed by atoms with Crippen molar-refractivity contribution in [1.29, 1.82) is 0 Å². The highest BCUT2D eigenvalue weighted by Crippen LogP contribution is 2.49. The van der Waals surface area contributed by atoms with Gasteiger partial charge in [-0.05, 0) is 176 Å². The van der Waals surface area contributed by atoms with Crippen LogP contribution >= 0.6 is 0 Å². The summed E-state index contributed by atoms with van der Waals surface area (Å²) in [4.78, 5) is 11.1. The third kappa shape index (κ3) is 23.1. The molecule has 0 bridgehead atoms. The minimum atomic E-state index is -5.17. The number of Topliss-reactive ketones (excluding diaryl/α,β-unsaturated/α-hetero) is 1. The Morgan fingerprint density at radius 2 is 0.796 bits per heavy atom. The molecular weight excluding hydrogens is 1250 g/mol. The van der Waals surface area contributed by atoms with E-state index in [1.54, 1.807) is 59.8 Å². The number of carbonyl (C=O) groups excluding carboxylic acids is 1. The van der Waals surface area contributed by atoms with Crippen LogP contribution in [0.2, 0.25) is 0 Å². The summed E-state index contributed by atoms with van der Waals surface area (Å²) in [5.74, 6) is -4.36. The molecule has 0 spiro atoms. The summed E-state index contributed by atoms with van der Waals surface area (Å²) < 4.78 is 165. The summed E-state index contributed by atoms with van der Waals surface area (Å²) in [7, 11) is -5.17. The van der Waals surface area contributed by atoms with E-state index < -0.39 is 134 Å². The molecule has 0 unspecified atom stereocenters. The number of ketones is 1. The van der Waals surface area contributed by atoms with Gasteiger partial charge in [-0.2, -0.15) is 8.78 Å². The number of halogens is 6. The maximum Gasteiger partial charge on any atom is 0.380 e. The number of hydrogen-bond acceptors (Lipinski definition) is 17. The first kappa shape index (κ1) is 85.6. The molecule has 24 heteroatoms. The van der Waals surface area contributed by atoms with E-state index in [0.29, 0.717) is 12.8 Å². The van der Waals surface area contributed by atoms with Crippen LogP contribution in [0.1, 0.15) is 205 Å². The average Bonchev–Trinajstić information content (AvgIpc) is 1.68. The molecule has 5 fully saturated rings. The number of ether oxygens (including phenoxy) is 10. The number of benzene rings is 1. The largest absolute Gasteiger partial charge is 0.390 e. The SMILES string of the molecule is CCC(=O)[C@H]1OC(C)(C)O[C@H]1C=C(C)C.CC[C@@H](O)[C@H]1OC(C)(C)O[C@H]1C=C(C)C.CC[C@@](O)([C@H]1OC(C)(C)O[C@H]1C=C(C)C)C(F)(F)S(=O)(=O)c1ccccc1.CC[C@](O)(C(F)F)[C@H]1OC(C)(C)O[C@H]1C=C(C)C.CC[C@](O)(C(F)F)[C@H]1OC(C)(C)O[C@H]1C=C(C)C. The van der Waals surface area contributed by atoms with E-state index in [-0.39, 0.29) is 36.9 Å². The Morgan fingerprint density at radius 1 is 0.484 bits per heavy atom. The van der Waals surface area contributed by atoms with Gasteiger partial charge in [-0.15, -0.1) is 0 Å². The summed E-state index contributed by atoms with van der Waals surface area (Å²) in [6.45, 7) is 44.1. The van der Waals surface area contributed by atoms with Gasteiger partial charge in [0.1, 0.15) is 61.0 Å². The van der Waals surface area contributed by atoms with E-state index in [9.17, 15) is 51.2 Å². The van der Waals surface area contributed by atoms with Crippen LogP contribution < -0.4 is 0 Å². The van der Waals surface area contributed by atoms with Crippen molar-refractivity contribution >= 4 is 15.6 Å². The number of allylic oxidation sites excluding steroid dienone is 5. The molecule has 1 aromatic carbocycles. The van der Waals surface area contributed by atoms with Crippen LogP contribution in [0.15, 0.2) is 93.5 Å². The van der Waals surface area contributed by atoms with Crippen LogP contribution in [0.5, 0.6) is 0 Å². The van der Waals surface area contributed by atoms with Gasteiger partial charge in [0, 0.05) is 6.42 Å². The molecule has 0 saturated carbocycles. The maximum absolute atomic E-state index is 15.4. The lowest BCUT2D eigenvalue weighted by atomic mass is 9.89. The Hall–Kier alpha value is -3.44. The monoisotopic (exact) mass is 1360 g/mol. The van der Waals surface area contributed by atoms with Crippen molar-refractivity contribution in [3.05, 3.63) is 88.6 Å². The van der Waals surface area contributed by atoms with Crippen molar-refractivity contribution in [2.75, 3.05) is 0 Å². The van der Waals surface area contributed by atoms with E-state index in [0.717, 1.165) is 34.4 Å². The molecule has 538 valence electrons. The fourth-order valence-electron chi connectivity index (χ4n) is 10.9. The standard InChI is InChI=1S/C19H26F2O5S.2C13H22F2O3.C12H22O3.C12H20O3/c1-6-18(22,16-15(12-13(2)3)25-17(4,5)26-16)19(20,21)27(23,24)14-10-8-7-9-11-14;2*1-6-13(16,11(14)15)10-9(7-8(2)3)17-12(4,5)18-10;2*1-6-9(13)11-10(7-8(2)3)14-12(4,5)15-11/h7-12,15-16,22H,6H2,1-5H3;2*7,9-11,16H,6H2,1-5H3;7,9-11,13H,6H2,1-5H3;7,10-11H,6H2,1-5H3/t15-,16-,18+;2*9-,10-,13+;9-,10+,11-;10-,11+/m00010/s1. The summed E-state index contributed by atoms with van der Waals surface area (Å²) in [5.41, 5.74) is -2.44. The zero-order valence-electron chi connectivity index (χ0n) is 59.6. The molecule has 17 nitrogen and oxygen atoms in total. The highest BCUT2D eigenvalue weighted by Gasteiger charge is 2.69. The van der Waals surface area contributed by atoms with Crippen LogP contribution in [0.3, 0.4) is 0 Å². The summed E-state index contributed by atoms with van der Waals surface area (Å²) in [6, 6.07) is 6.35. The molecule has 5 aliphatic heterocycles. The molecule has 6 rings (SSSR count). The van der Waals surface area contributed by atoms with Crippen LogP contribution in [-0.4, -0.2) is 166 Å². The number of hydrogen-bond donors (Lipinski definition) is 4. The van der Waals surface area contributed by atoms with Gasteiger partial charge in [-0.25, -0.2) is 26.0 Å². The van der Waals surface area contributed by atoms with E-state index in [4.69, 9.17) is 47.4 Å². The van der Waals surface area contributed by atoms with E-state index in [2.05, 4.69) is 0 Å². The van der Waals surface area contributed by atoms with Crippen LogP contribution in [-0.2, 0) is 62.0 Å². The quantitative estimate of drug-likeness (QED) is 0.0703. The van der Waals surface area contributed by atoms with Gasteiger partial charge in [-0.3, -0.25) is 4.79 Å². The zero-order valence-corrected chi connectivity index (χ0v) is 60.4. The van der Waals surface area contributed by atoms with Gasteiger partial charge >= 0.3 is 5.25 Å². The Kier molecular flexibility index (Phi) is 31.2. The molecule has 0 aromatic heterocycles. The first-order valence-electron chi connectivity index (χ1n) is 31.9. The smallest absolute Gasteiger partial charge is 0.380 e. The first-order chi connectivity index (χ1) is 42.2. The van der Waals surface area contributed by atoms with Crippen LogP contribution in [0.25, 0.3) is 0 Å². The van der Waals surface area contributed by atoms with Gasteiger partial charge in [0.05, 0.1) is 11.0 Å². The number of aliphatic hydroxyl groups is 4. The summed E-state index contributed by atoms with van der Waals surface area (Å²) >= 11 is 0. The first-order valence-corrected chi connectivity index (χ1v) is 33.4. The van der Waals surface area contributed by atoms with Gasteiger partial charge in [0.25, 0.3) is 12.9 Å². The zero-order chi connectivity index (χ0) is 72.2. The van der Waals surface area contributed by atoms with E-state index >= 15 is 8.78 Å². The van der Waals surface area contributed by atoms with Crippen molar-refractivity contribution in [3.8, 4) is 0 Å². The predicted molar refractivity (Wildman–Crippen MR) is 344 cm³/mol. The molecular formula is C69H112F6O17S. The highest BCUT2D eigenvalue weighted by molar-refractivity contribution is 7.92. The molecule has 5 heterocycles. The lowest BCUT2D eigenvalue weighted by Gasteiger charge is -2.39. The van der Waals surface area contributed by atoms with Gasteiger partial charge < -0.3 is 67.8 Å². The number of aliphatic hydroxyl groups excluding tert-OH is 1. The average molecular weight is 1360 g/mol. The van der Waals surface area contributed by atoms with Crippen molar-refractivity contribution in [2.45, 2.75) is 341 Å². The molecule has 93 heavy (non-hydrogen) atoms. The van der Waals surface area contributed by atoms with Crippen molar-refractivity contribution in [2.24, 2.45) is 0 Å². The molecule has 0 radical (unpaired) electrons. The second-order valence-electron chi connectivity index (χ2n) is 27.6. The van der Waals surface area contributed by atoms with Crippen molar-refractivity contribution in [3.63, 3.8) is 0 Å². The molecule has 1 aromatic rings. The van der Waals surface area contributed by atoms with E-state index in [1.165, 1.54) is 58.4 Å². The molecule has 5 saturated heterocycles. The minimum Gasteiger partial charge on any atom is -0.390 e. The summed E-state index contributed by atoms with van der Waals surface area (Å²) in [5, 5.41) is 36.6. The Labute approximate surface area is 550 Å². The Balaban J connectivity index is 0.000000404. The van der Waals surface area contributed by atoms with Gasteiger partial charge in [0.15, 0.2) is 51.5 Å². The number of carbonyl (C=O) groups is 1. The van der Waals surface area contributed by atoms with Crippen LogP contribution in [0.4, 0.5) is 26.3 Å². The lowest BCUT2D eigenvalue weighted by molar-refractivity contribution is -0.215. The molecule has 4 N–H and O–H groups in total. The molecule has 5 aliphatic rings. The second kappa shape index (κ2) is 33.9. The third-order valence-corrected chi connectivity index (χ3v) is 17.3. The van der Waals surface area contributed by atoms with E-state index in [1.807, 2.05) is 109 Å². The highest BCUT2D eigenvalue weighted by atomic mass is 32.2. The fourth-order valence-corrected chi connectivity index (χ4v) is 12.4. The number of rotatable bonds is 20. The predicted octanol–water partition coefficient (Wildman–Crippen LogP) is 14.1. The van der Waals surface area contributed by atoms with Crippen molar-refractivity contribution < 1.29 is 107 Å². The summed E-state index contributed by atoms with van der Waals surface area (Å²) in [6.07, 6.45) is -3.98. The number of sulfone groups is 1. The van der Waals surface area contributed by atoms with Crippen molar-refractivity contribution in [1.82, 2.24) is 0 Å². The topological polar surface area (TPSA) is 224 Å². The second-order valence-corrected chi connectivity index (χ2v) is 29.6. The normalized spacial score (nSPS) is 28.7. The molecule has 0 amide bonds. The lowest BCUT2D eigenvalue weighted by Crippen LogP contribution is -2.62. The number of alkyl halides is 6. The molecule has 14 atom stereocenters. The third-order valence-electron chi connectivity index (χ3n) is 15.4. The fraction of sp³-hybridized carbons (Fsp3) is 0.754. The Morgan fingerprint density at radius 3 is 1.13 bits per heavy atom. The van der Waals surface area contributed by atoms with Crippen LogP contribution in [0, 0.1) is 0 Å². The Bertz CT molecular complexity index is 2740. The van der Waals surface area contributed by atoms with Gasteiger partial charge in [-0.1, -0.05) is 111 Å². The van der Waals surface area contributed by atoms with Gasteiger partial charge in [0.2, 0.25) is 9.84 Å². The maximum atomic E-state index is 15.4. The minimum absolute atomic E-state index is 0.0954. The molecule has 0 aliphatic carbocycles.